The molecule has 204 valence electrons. The smallest absolute Gasteiger partial charge is 0.399 e. The maximum atomic E-state index is 6.58. The molecule has 0 N–H and O–H groups in total. The van der Waals surface area contributed by atoms with Crippen LogP contribution in [-0.2, 0) is 9.31 Å². The summed E-state index contributed by atoms with van der Waals surface area (Å²) in [5, 5.41) is 10.7. The molecule has 0 unspecified atom stereocenters. The van der Waals surface area contributed by atoms with E-state index in [1.165, 1.54) is 53.4 Å². The van der Waals surface area contributed by atoms with Crippen LogP contribution < -0.4 is 26.2 Å². The van der Waals surface area contributed by atoms with Gasteiger partial charge in [-0.2, -0.15) is 0 Å². The van der Waals surface area contributed by atoms with Crippen LogP contribution in [0.15, 0.2) is 127 Å². The molecule has 6 aromatic carbocycles. The third-order valence-electron chi connectivity index (χ3n) is 9.96. The quantitative estimate of drug-likeness (QED) is 0.260. The van der Waals surface area contributed by atoms with Crippen LogP contribution in [0.5, 0.6) is 0 Å². The zero-order chi connectivity index (χ0) is 28.7. The van der Waals surface area contributed by atoms with Crippen molar-refractivity contribution in [2.45, 2.75) is 38.9 Å². The van der Waals surface area contributed by atoms with Gasteiger partial charge in [-0.25, -0.2) is 0 Å². The first kappa shape index (κ1) is 25.7. The highest BCUT2D eigenvalue weighted by atomic mass is 28.3. The second-order valence-corrected chi connectivity index (χ2v) is 16.5. The van der Waals surface area contributed by atoms with Crippen LogP contribution in [0.25, 0.3) is 32.7 Å². The lowest BCUT2D eigenvalue weighted by Crippen LogP contribution is -2.73. The lowest BCUT2D eigenvalue weighted by atomic mass is 9.78. The fourth-order valence-electron chi connectivity index (χ4n) is 7.06. The minimum Gasteiger partial charge on any atom is -0.399 e. The average Bonchev–Trinajstić information content (AvgIpc) is 3.42. The number of rotatable bonds is 3. The summed E-state index contributed by atoms with van der Waals surface area (Å²) in [6.07, 6.45) is 0. The topological polar surface area (TPSA) is 18.5 Å². The lowest BCUT2D eigenvalue weighted by molar-refractivity contribution is 0.00578. The number of hydrogen-bond donors (Lipinski definition) is 0. The van der Waals surface area contributed by atoms with Gasteiger partial charge < -0.3 is 9.31 Å². The number of fused-ring (bicyclic) bond motifs is 5. The van der Waals surface area contributed by atoms with E-state index in [0.29, 0.717) is 0 Å². The normalized spacial score (nSPS) is 17.9. The molecule has 0 bridgehead atoms. The Morgan fingerprint density at radius 1 is 0.476 bits per heavy atom. The standard InChI is InChI=1S/C38H33BO2Si/c1-37(2)38(3,4)41-39(40-37)30-19-22-34-33-15-9-10-16-35(33)42(36(34)25-30,31-20-17-26-11-5-7-13-28(26)23-31)32-21-18-27-12-6-8-14-29(27)24-32/h5-25H,1-4H3. The third kappa shape index (κ3) is 3.59. The molecule has 0 amide bonds. The van der Waals surface area contributed by atoms with E-state index in [1.807, 2.05) is 0 Å². The Morgan fingerprint density at radius 2 is 0.976 bits per heavy atom. The molecule has 4 heteroatoms. The molecule has 42 heavy (non-hydrogen) atoms. The molecule has 1 saturated heterocycles. The molecule has 2 heterocycles. The fraction of sp³-hybridized carbons (Fsp3) is 0.158. The molecule has 2 aliphatic rings. The maximum Gasteiger partial charge on any atom is 0.494 e. The zero-order valence-corrected chi connectivity index (χ0v) is 25.5. The Morgan fingerprint density at radius 3 is 1.57 bits per heavy atom. The summed E-state index contributed by atoms with van der Waals surface area (Å²) >= 11 is 0. The van der Waals surface area contributed by atoms with Crippen molar-refractivity contribution in [1.82, 2.24) is 0 Å². The van der Waals surface area contributed by atoms with Gasteiger partial charge in [0.05, 0.1) is 11.2 Å². The van der Waals surface area contributed by atoms with E-state index in [1.54, 1.807) is 0 Å². The van der Waals surface area contributed by atoms with Gasteiger partial charge in [0.15, 0.2) is 8.07 Å². The lowest BCUT2D eigenvalue weighted by Gasteiger charge is -2.32. The molecule has 6 aromatic rings. The number of hydrogen-bond acceptors (Lipinski definition) is 2. The first-order valence-electron chi connectivity index (χ1n) is 14.9. The van der Waals surface area contributed by atoms with Crippen molar-refractivity contribution >= 4 is 62.9 Å². The van der Waals surface area contributed by atoms with E-state index in [4.69, 9.17) is 9.31 Å². The van der Waals surface area contributed by atoms with Crippen LogP contribution in [0.1, 0.15) is 27.7 Å². The largest absolute Gasteiger partial charge is 0.494 e. The molecule has 0 radical (unpaired) electrons. The minimum absolute atomic E-state index is 0.398. The summed E-state index contributed by atoms with van der Waals surface area (Å²) in [6.45, 7) is 8.50. The first-order valence-corrected chi connectivity index (χ1v) is 16.9. The van der Waals surface area contributed by atoms with Crippen LogP contribution in [0, 0.1) is 0 Å². The monoisotopic (exact) mass is 560 g/mol. The molecule has 2 aliphatic heterocycles. The van der Waals surface area contributed by atoms with E-state index in [9.17, 15) is 0 Å². The summed E-state index contributed by atoms with van der Waals surface area (Å²) in [4.78, 5) is 0. The van der Waals surface area contributed by atoms with Crippen molar-refractivity contribution in [3.63, 3.8) is 0 Å². The van der Waals surface area contributed by atoms with Crippen LogP contribution in [0.3, 0.4) is 0 Å². The molecule has 0 saturated carbocycles. The van der Waals surface area contributed by atoms with Crippen molar-refractivity contribution in [1.29, 1.82) is 0 Å². The summed E-state index contributed by atoms with van der Waals surface area (Å²) in [5.41, 5.74) is 2.94. The fourth-order valence-corrected chi connectivity index (χ4v) is 12.3. The highest BCUT2D eigenvalue weighted by molar-refractivity contribution is 7.22. The van der Waals surface area contributed by atoms with Crippen LogP contribution in [0.2, 0.25) is 0 Å². The Labute approximate surface area is 249 Å². The molecular weight excluding hydrogens is 527 g/mol. The SMILES string of the molecule is CC1(C)OB(c2ccc3c(c2)[Si](c2ccc4ccccc4c2)(c2ccc4ccccc4c2)c2ccccc2-3)OC1(C)C. The Balaban J connectivity index is 1.45. The van der Waals surface area contributed by atoms with Crippen LogP contribution >= 0.6 is 0 Å². The molecule has 2 nitrogen and oxygen atoms in total. The van der Waals surface area contributed by atoms with Crippen LogP contribution in [-0.4, -0.2) is 26.4 Å². The molecule has 0 spiro atoms. The van der Waals surface area contributed by atoms with Gasteiger partial charge in [-0.3, -0.25) is 0 Å². The summed E-state index contributed by atoms with van der Waals surface area (Å²) < 4.78 is 13.2. The van der Waals surface area contributed by atoms with E-state index < -0.39 is 26.4 Å². The molecule has 0 aliphatic carbocycles. The molecule has 8 rings (SSSR count). The zero-order valence-electron chi connectivity index (χ0n) is 24.5. The Kier molecular flexibility index (Phi) is 5.52. The number of benzene rings is 6. The molecular formula is C38H33BO2Si. The van der Waals surface area contributed by atoms with Gasteiger partial charge in [0.2, 0.25) is 0 Å². The minimum atomic E-state index is -2.73. The van der Waals surface area contributed by atoms with Crippen molar-refractivity contribution < 1.29 is 9.31 Å². The molecule has 0 atom stereocenters. The highest BCUT2D eigenvalue weighted by Gasteiger charge is 2.53. The van der Waals surface area contributed by atoms with E-state index in [2.05, 4.69) is 155 Å². The van der Waals surface area contributed by atoms with E-state index >= 15 is 0 Å². The third-order valence-corrected chi connectivity index (χ3v) is 14.8. The predicted octanol–water partition coefficient (Wildman–Crippen LogP) is 5.65. The van der Waals surface area contributed by atoms with Gasteiger partial charge >= 0.3 is 7.12 Å². The average molecular weight is 561 g/mol. The summed E-state index contributed by atoms with van der Waals surface area (Å²) in [7, 11) is -3.14. The van der Waals surface area contributed by atoms with Gasteiger partial charge in [-0.05, 0) is 86.6 Å². The van der Waals surface area contributed by atoms with Gasteiger partial charge in [0, 0.05) is 0 Å². The van der Waals surface area contributed by atoms with Crippen molar-refractivity contribution in [2.24, 2.45) is 0 Å². The Hall–Kier alpha value is -3.96. The summed E-state index contributed by atoms with van der Waals surface area (Å²) in [5.74, 6) is 0. The van der Waals surface area contributed by atoms with Crippen molar-refractivity contribution in [3.8, 4) is 11.1 Å². The first-order chi connectivity index (χ1) is 20.3. The highest BCUT2D eigenvalue weighted by Crippen LogP contribution is 2.37. The molecule has 0 aromatic heterocycles. The maximum absolute atomic E-state index is 6.58. The Bertz CT molecular complexity index is 1930. The van der Waals surface area contributed by atoms with Crippen molar-refractivity contribution in [2.75, 3.05) is 0 Å². The second-order valence-electron chi connectivity index (χ2n) is 12.8. The van der Waals surface area contributed by atoms with Gasteiger partial charge in [-0.1, -0.05) is 127 Å². The van der Waals surface area contributed by atoms with Gasteiger partial charge in [-0.15, -0.1) is 0 Å². The summed E-state index contributed by atoms with van der Waals surface area (Å²) in [6, 6.07) is 47.7. The van der Waals surface area contributed by atoms with Gasteiger partial charge in [0.1, 0.15) is 0 Å². The van der Waals surface area contributed by atoms with E-state index in [0.717, 1.165) is 5.46 Å². The molecule has 1 fully saturated rings. The predicted molar refractivity (Wildman–Crippen MR) is 180 cm³/mol. The van der Waals surface area contributed by atoms with Crippen molar-refractivity contribution in [3.05, 3.63) is 127 Å². The van der Waals surface area contributed by atoms with E-state index in [-0.39, 0.29) is 0 Å². The van der Waals surface area contributed by atoms with Gasteiger partial charge in [0.25, 0.3) is 0 Å². The second kappa shape index (κ2) is 9.02. The van der Waals surface area contributed by atoms with Crippen LogP contribution in [0.4, 0.5) is 0 Å².